The molecule has 0 spiro atoms. The Morgan fingerprint density at radius 3 is 0.906 bits per heavy atom. The molecule has 4 heterocycles. The van der Waals surface area contributed by atoms with Crippen LogP contribution in [-0.4, -0.2) is 74.0 Å². The van der Waals surface area contributed by atoms with Crippen molar-refractivity contribution in [1.29, 1.82) is 0 Å². The number of rotatable bonds is 0. The van der Waals surface area contributed by atoms with Crippen molar-refractivity contribution < 1.29 is 0 Å². The van der Waals surface area contributed by atoms with Crippen LogP contribution in [0.2, 0.25) is 0 Å². The summed E-state index contributed by atoms with van der Waals surface area (Å²) in [5, 5.41) is 0. The van der Waals surface area contributed by atoms with Gasteiger partial charge in [0.05, 0.1) is 0 Å². The van der Waals surface area contributed by atoms with Crippen molar-refractivity contribution in [2.24, 2.45) is 0 Å². The van der Waals surface area contributed by atoms with Gasteiger partial charge in [0, 0.05) is 45.8 Å². The molecule has 4 aliphatic heterocycles. The standard InChI is InChI=1S/2C11H15N.C10H13N.C9H11N.4C2H6/c1-12-8-4-7-10-5-2-3-6-11(10)9-12;1-12-8-6-10-4-2-3-5-11(10)7-9-12;1-11-7-6-9-4-2-3-5-10(9)8-11;1-10-6-8-4-2-3-5-9(8)7-10;4*1-2/h2-3,5-6H,4,7-9H2,1H3;2-5H,6-9H2,1H3;2-5H,6-8H2,1H3;2-5H,6-7H2,1H3;4*1-2H3. The third-order valence-electron chi connectivity index (χ3n) is 9.51. The topological polar surface area (TPSA) is 13.0 Å². The molecule has 0 saturated carbocycles. The minimum atomic E-state index is 1.12. The van der Waals surface area contributed by atoms with E-state index in [0.29, 0.717) is 0 Å². The molecule has 4 aliphatic rings. The average molecular weight is 723 g/mol. The van der Waals surface area contributed by atoms with E-state index in [2.05, 4.69) is 145 Å². The van der Waals surface area contributed by atoms with Gasteiger partial charge >= 0.3 is 0 Å². The van der Waals surface area contributed by atoms with Crippen molar-refractivity contribution >= 4 is 0 Å². The van der Waals surface area contributed by atoms with Gasteiger partial charge in [-0.2, -0.15) is 0 Å². The first-order chi connectivity index (χ1) is 25.9. The smallest absolute Gasteiger partial charge is 0.0237 e. The molecule has 8 rings (SSSR count). The van der Waals surface area contributed by atoms with Gasteiger partial charge in [0.15, 0.2) is 0 Å². The molecule has 0 saturated heterocycles. The van der Waals surface area contributed by atoms with Crippen molar-refractivity contribution in [3.63, 3.8) is 0 Å². The molecule has 53 heavy (non-hydrogen) atoms. The van der Waals surface area contributed by atoms with Gasteiger partial charge in [0.2, 0.25) is 0 Å². The van der Waals surface area contributed by atoms with Gasteiger partial charge in [-0.15, -0.1) is 0 Å². The molecule has 0 atom stereocenters. The summed E-state index contributed by atoms with van der Waals surface area (Å²) in [6, 6.07) is 34.9. The van der Waals surface area contributed by atoms with Crippen LogP contribution < -0.4 is 0 Å². The van der Waals surface area contributed by atoms with Crippen LogP contribution in [0.1, 0.15) is 106 Å². The van der Waals surface area contributed by atoms with Crippen molar-refractivity contribution in [2.75, 3.05) is 54.4 Å². The van der Waals surface area contributed by atoms with E-state index in [4.69, 9.17) is 0 Å². The summed E-state index contributed by atoms with van der Waals surface area (Å²) in [7, 11) is 8.73. The van der Waals surface area contributed by atoms with Gasteiger partial charge in [0.1, 0.15) is 0 Å². The highest BCUT2D eigenvalue weighted by molar-refractivity contribution is 5.31. The second-order valence-electron chi connectivity index (χ2n) is 13.4. The molecular formula is C49H78N4. The molecule has 4 aromatic rings. The first kappa shape index (κ1) is 47.7. The molecule has 0 unspecified atom stereocenters. The lowest BCUT2D eigenvalue weighted by Gasteiger charge is -2.24. The number of hydrogen-bond donors (Lipinski definition) is 0. The lowest BCUT2D eigenvalue weighted by molar-refractivity contribution is 0.313. The number of likely N-dealkylation sites (N-methyl/N-ethyl adjacent to an activating group) is 2. The predicted octanol–water partition coefficient (Wildman–Crippen LogP) is 11.2. The molecule has 0 amide bonds. The van der Waals surface area contributed by atoms with E-state index in [0.717, 1.165) is 26.2 Å². The fraction of sp³-hybridized carbons (Fsp3) is 0.510. The Hall–Kier alpha value is -3.28. The number of fused-ring (bicyclic) bond motifs is 4. The first-order valence-corrected chi connectivity index (χ1v) is 21.0. The number of aryl methyl sites for hydroxylation is 1. The summed E-state index contributed by atoms with van der Waals surface area (Å²) in [6.45, 7) is 25.3. The number of benzene rings is 4. The minimum Gasteiger partial charge on any atom is -0.306 e. The van der Waals surface area contributed by atoms with Gasteiger partial charge in [0.25, 0.3) is 0 Å². The summed E-state index contributed by atoms with van der Waals surface area (Å²) in [5.74, 6) is 0. The van der Waals surface area contributed by atoms with Gasteiger partial charge in [-0.25, -0.2) is 0 Å². The van der Waals surface area contributed by atoms with Crippen LogP contribution in [0.4, 0.5) is 0 Å². The zero-order chi connectivity index (χ0) is 39.4. The molecule has 0 N–H and O–H groups in total. The predicted molar refractivity (Wildman–Crippen MR) is 236 cm³/mol. The number of hydrogen-bond acceptors (Lipinski definition) is 4. The summed E-state index contributed by atoms with van der Waals surface area (Å²) >= 11 is 0. The molecule has 0 bridgehead atoms. The van der Waals surface area contributed by atoms with Crippen LogP contribution in [0.25, 0.3) is 0 Å². The quantitative estimate of drug-likeness (QED) is 0.179. The van der Waals surface area contributed by atoms with E-state index in [-0.39, 0.29) is 0 Å². The van der Waals surface area contributed by atoms with Crippen LogP contribution in [0.5, 0.6) is 0 Å². The Bertz CT molecular complexity index is 1430. The van der Waals surface area contributed by atoms with E-state index in [9.17, 15) is 0 Å². The Morgan fingerprint density at radius 1 is 0.283 bits per heavy atom. The summed E-state index contributed by atoms with van der Waals surface area (Å²) in [4.78, 5) is 9.48. The monoisotopic (exact) mass is 723 g/mol. The molecule has 4 heteroatoms. The van der Waals surface area contributed by atoms with Crippen molar-refractivity contribution in [1.82, 2.24) is 19.6 Å². The van der Waals surface area contributed by atoms with Gasteiger partial charge in [-0.3, -0.25) is 4.90 Å². The van der Waals surface area contributed by atoms with Crippen LogP contribution in [0, 0.1) is 0 Å². The third-order valence-corrected chi connectivity index (χ3v) is 9.51. The molecule has 0 aliphatic carbocycles. The Kier molecular flexibility index (Phi) is 26.2. The van der Waals surface area contributed by atoms with Crippen LogP contribution in [0.15, 0.2) is 97.1 Å². The van der Waals surface area contributed by atoms with Gasteiger partial charge in [-0.1, -0.05) is 152 Å². The van der Waals surface area contributed by atoms with Crippen LogP contribution >= 0.6 is 0 Å². The Balaban J connectivity index is 0.000000332. The fourth-order valence-electron chi connectivity index (χ4n) is 6.78. The zero-order valence-electron chi connectivity index (χ0n) is 36.2. The molecule has 0 radical (unpaired) electrons. The van der Waals surface area contributed by atoms with E-state index >= 15 is 0 Å². The zero-order valence-corrected chi connectivity index (χ0v) is 36.2. The normalized spacial score (nSPS) is 15.8. The maximum absolute atomic E-state index is 2.40. The van der Waals surface area contributed by atoms with Crippen molar-refractivity contribution in [2.45, 2.75) is 114 Å². The lowest BCUT2D eigenvalue weighted by Crippen LogP contribution is -2.26. The molecular weight excluding hydrogens is 645 g/mol. The third kappa shape index (κ3) is 17.6. The average Bonchev–Trinajstić information content (AvgIpc) is 3.35. The van der Waals surface area contributed by atoms with Crippen molar-refractivity contribution in [3.05, 3.63) is 142 Å². The summed E-state index contributed by atoms with van der Waals surface area (Å²) < 4.78 is 0. The van der Waals surface area contributed by atoms with Crippen molar-refractivity contribution in [3.8, 4) is 0 Å². The largest absolute Gasteiger partial charge is 0.306 e. The highest BCUT2D eigenvalue weighted by atomic mass is 15.1. The Labute approximate surface area is 328 Å². The highest BCUT2D eigenvalue weighted by Crippen LogP contribution is 2.20. The highest BCUT2D eigenvalue weighted by Gasteiger charge is 2.14. The molecule has 0 fully saturated rings. The van der Waals surface area contributed by atoms with Gasteiger partial charge < -0.3 is 14.7 Å². The van der Waals surface area contributed by atoms with Crippen LogP contribution in [-0.2, 0) is 51.9 Å². The SMILES string of the molecule is CC.CC.CC.CC.CN1CCCc2ccccc2C1.CN1CCc2ccccc2C1.CN1CCc2ccccc2CC1.CN1Cc2ccccc2C1. The van der Waals surface area contributed by atoms with Gasteiger partial charge in [-0.05, 0) is 111 Å². The minimum absolute atomic E-state index is 1.12. The summed E-state index contributed by atoms with van der Waals surface area (Å²) in [6.07, 6.45) is 6.19. The first-order valence-electron chi connectivity index (χ1n) is 21.0. The second-order valence-corrected chi connectivity index (χ2v) is 13.4. The fourth-order valence-corrected chi connectivity index (χ4v) is 6.78. The maximum atomic E-state index is 2.40. The van der Waals surface area contributed by atoms with Crippen LogP contribution in [0.3, 0.4) is 0 Å². The molecule has 294 valence electrons. The second kappa shape index (κ2) is 29.1. The van der Waals surface area contributed by atoms with E-state index in [1.165, 1.54) is 86.1 Å². The molecule has 4 aromatic carbocycles. The van der Waals surface area contributed by atoms with E-state index in [1.807, 2.05) is 55.4 Å². The maximum Gasteiger partial charge on any atom is 0.0237 e. The van der Waals surface area contributed by atoms with E-state index < -0.39 is 0 Å². The molecule has 0 aromatic heterocycles. The lowest BCUT2D eigenvalue weighted by atomic mass is 10.0. The van der Waals surface area contributed by atoms with E-state index in [1.54, 1.807) is 16.7 Å². The summed E-state index contributed by atoms with van der Waals surface area (Å²) in [5.41, 5.74) is 12.2. The molecule has 4 nitrogen and oxygen atoms in total. The number of nitrogens with zero attached hydrogens (tertiary/aromatic N) is 4. The Morgan fingerprint density at radius 2 is 0.528 bits per heavy atom.